The van der Waals surface area contributed by atoms with Crippen LogP contribution in [0.4, 0.5) is 0 Å². The van der Waals surface area contributed by atoms with Gasteiger partial charge in [-0.3, -0.25) is 9.59 Å². The third kappa shape index (κ3) is 11.1. The van der Waals surface area contributed by atoms with E-state index < -0.39 is 0 Å². The number of hydrogen-bond acceptors (Lipinski definition) is 6. The zero-order chi connectivity index (χ0) is 12.9. The molecule has 0 unspecified atom stereocenters. The molecule has 0 saturated carbocycles. The first-order valence-corrected chi connectivity index (χ1v) is 5.78. The van der Waals surface area contributed by atoms with Crippen LogP contribution in [-0.2, 0) is 19.1 Å². The smallest absolute Gasteiger partial charge is 0.320 e. The Bertz CT molecular complexity index is 222. The normalized spacial score (nSPS) is 10.0. The molecular weight excluding hydrogens is 224 g/mol. The SMILES string of the molecule is CCCNCC(=O)O[CH]COC(=O)CNCC. The van der Waals surface area contributed by atoms with E-state index in [1.807, 2.05) is 13.8 Å². The van der Waals surface area contributed by atoms with E-state index >= 15 is 0 Å². The van der Waals surface area contributed by atoms with Crippen molar-refractivity contribution in [3.8, 4) is 0 Å². The van der Waals surface area contributed by atoms with Crippen LogP contribution in [0.25, 0.3) is 0 Å². The molecule has 0 spiro atoms. The van der Waals surface area contributed by atoms with Crippen molar-refractivity contribution in [3.63, 3.8) is 0 Å². The van der Waals surface area contributed by atoms with E-state index in [-0.39, 0.29) is 31.6 Å². The lowest BCUT2D eigenvalue weighted by Gasteiger charge is -2.06. The number of hydrogen-bond donors (Lipinski definition) is 2. The van der Waals surface area contributed by atoms with Crippen LogP contribution in [0.2, 0.25) is 0 Å². The second-order valence-electron chi connectivity index (χ2n) is 3.30. The highest BCUT2D eigenvalue weighted by Crippen LogP contribution is 1.86. The van der Waals surface area contributed by atoms with Gasteiger partial charge in [0.2, 0.25) is 0 Å². The molecule has 0 rings (SSSR count). The maximum Gasteiger partial charge on any atom is 0.320 e. The molecule has 17 heavy (non-hydrogen) atoms. The summed E-state index contributed by atoms with van der Waals surface area (Å²) in [7, 11) is 0. The van der Waals surface area contributed by atoms with Crippen molar-refractivity contribution in [2.45, 2.75) is 20.3 Å². The minimum atomic E-state index is -0.388. The Morgan fingerprint density at radius 2 is 1.82 bits per heavy atom. The molecule has 0 atom stereocenters. The zero-order valence-electron chi connectivity index (χ0n) is 10.5. The summed E-state index contributed by atoms with van der Waals surface area (Å²) in [5.41, 5.74) is 0. The van der Waals surface area contributed by atoms with Gasteiger partial charge in [0.15, 0.2) is 6.61 Å². The van der Waals surface area contributed by atoms with Crippen LogP contribution in [0.15, 0.2) is 0 Å². The van der Waals surface area contributed by atoms with Crippen molar-refractivity contribution >= 4 is 11.9 Å². The molecule has 99 valence electrons. The number of likely N-dealkylation sites (N-methyl/N-ethyl adjacent to an activating group) is 1. The van der Waals surface area contributed by atoms with Crippen LogP contribution in [0.5, 0.6) is 0 Å². The molecule has 0 saturated heterocycles. The van der Waals surface area contributed by atoms with Crippen molar-refractivity contribution in [2.24, 2.45) is 0 Å². The standard InChI is InChI=1S/C11H21N2O4/c1-3-5-13-9-11(15)17-7-6-16-10(14)8-12-4-2/h7,12-13H,3-6,8-9H2,1-2H3. The zero-order valence-corrected chi connectivity index (χ0v) is 10.5. The largest absolute Gasteiger partial charge is 0.461 e. The fourth-order valence-electron chi connectivity index (χ4n) is 0.941. The van der Waals surface area contributed by atoms with Gasteiger partial charge in [0.25, 0.3) is 0 Å². The fraction of sp³-hybridized carbons (Fsp3) is 0.727. The van der Waals surface area contributed by atoms with Crippen molar-refractivity contribution < 1.29 is 19.1 Å². The highest BCUT2D eigenvalue weighted by molar-refractivity contribution is 5.72. The first kappa shape index (κ1) is 15.9. The lowest BCUT2D eigenvalue weighted by Crippen LogP contribution is -2.26. The van der Waals surface area contributed by atoms with Crippen LogP contribution in [-0.4, -0.2) is 44.7 Å². The maximum absolute atomic E-state index is 11.1. The second kappa shape index (κ2) is 11.3. The van der Waals surface area contributed by atoms with Gasteiger partial charge in [-0.15, -0.1) is 0 Å². The van der Waals surface area contributed by atoms with Gasteiger partial charge in [-0.05, 0) is 19.5 Å². The van der Waals surface area contributed by atoms with E-state index in [0.717, 1.165) is 13.0 Å². The van der Waals surface area contributed by atoms with Gasteiger partial charge >= 0.3 is 11.9 Å². The van der Waals surface area contributed by atoms with Gasteiger partial charge in [0.05, 0.1) is 13.1 Å². The first-order chi connectivity index (χ1) is 8.20. The number of carbonyl (C=O) groups is 2. The molecule has 0 aromatic heterocycles. The Kier molecular flexibility index (Phi) is 10.6. The Hall–Kier alpha value is -1.14. The number of nitrogens with one attached hydrogen (secondary N) is 2. The van der Waals surface area contributed by atoms with Crippen LogP contribution >= 0.6 is 0 Å². The molecule has 2 N–H and O–H groups in total. The van der Waals surface area contributed by atoms with Crippen molar-refractivity contribution in [3.05, 3.63) is 6.61 Å². The summed E-state index contributed by atoms with van der Waals surface area (Å²) in [6.07, 6.45) is 0.957. The fourth-order valence-corrected chi connectivity index (χ4v) is 0.941. The molecular formula is C11H21N2O4. The summed E-state index contributed by atoms with van der Waals surface area (Å²) in [5, 5.41) is 5.73. The monoisotopic (exact) mass is 245 g/mol. The molecule has 0 aliphatic carbocycles. The third-order valence-electron chi connectivity index (χ3n) is 1.74. The summed E-state index contributed by atoms with van der Waals surface area (Å²) in [5.74, 6) is -0.760. The van der Waals surface area contributed by atoms with E-state index in [9.17, 15) is 9.59 Å². The summed E-state index contributed by atoms with van der Waals surface area (Å²) < 4.78 is 9.48. The lowest BCUT2D eigenvalue weighted by atomic mass is 10.5. The highest BCUT2D eigenvalue weighted by atomic mass is 16.6. The quantitative estimate of drug-likeness (QED) is 0.411. The molecule has 1 radical (unpaired) electrons. The van der Waals surface area contributed by atoms with E-state index in [2.05, 4.69) is 10.6 Å². The minimum absolute atomic E-state index is 0.0241. The molecule has 6 nitrogen and oxygen atoms in total. The average molecular weight is 245 g/mol. The Morgan fingerprint density at radius 3 is 2.47 bits per heavy atom. The molecule has 0 fully saturated rings. The maximum atomic E-state index is 11.1. The third-order valence-corrected chi connectivity index (χ3v) is 1.74. The summed E-state index contributed by atoms with van der Waals surface area (Å²) in [6, 6.07) is 0. The highest BCUT2D eigenvalue weighted by Gasteiger charge is 2.04. The molecule has 0 aliphatic heterocycles. The summed E-state index contributed by atoms with van der Waals surface area (Å²) in [6.45, 7) is 6.86. The number of ether oxygens (including phenoxy) is 2. The van der Waals surface area contributed by atoms with Gasteiger partial charge in [0.1, 0.15) is 6.61 Å². The van der Waals surface area contributed by atoms with Crippen LogP contribution < -0.4 is 10.6 Å². The molecule has 0 heterocycles. The molecule has 0 bridgehead atoms. The summed E-state index contributed by atoms with van der Waals surface area (Å²) >= 11 is 0. The van der Waals surface area contributed by atoms with E-state index in [0.29, 0.717) is 6.54 Å². The molecule has 0 aliphatic rings. The van der Waals surface area contributed by atoms with Crippen LogP contribution in [0.3, 0.4) is 0 Å². The van der Waals surface area contributed by atoms with Gasteiger partial charge in [0, 0.05) is 0 Å². The van der Waals surface area contributed by atoms with Gasteiger partial charge in [-0.25, -0.2) is 0 Å². The number of carbonyl (C=O) groups excluding carboxylic acids is 2. The van der Waals surface area contributed by atoms with Crippen LogP contribution in [0.1, 0.15) is 20.3 Å². The Morgan fingerprint density at radius 1 is 1.12 bits per heavy atom. The van der Waals surface area contributed by atoms with E-state index in [1.54, 1.807) is 0 Å². The predicted molar refractivity (Wildman–Crippen MR) is 63.1 cm³/mol. The van der Waals surface area contributed by atoms with E-state index in [1.165, 1.54) is 6.61 Å². The lowest BCUT2D eigenvalue weighted by molar-refractivity contribution is -0.147. The predicted octanol–water partition coefficient (Wildman–Crippen LogP) is -0.156. The number of rotatable bonds is 10. The first-order valence-electron chi connectivity index (χ1n) is 5.78. The van der Waals surface area contributed by atoms with Gasteiger partial charge in [-0.1, -0.05) is 13.8 Å². The molecule has 0 aromatic carbocycles. The molecule has 0 aromatic rings. The average Bonchev–Trinajstić information content (AvgIpc) is 2.32. The van der Waals surface area contributed by atoms with Crippen molar-refractivity contribution in [1.82, 2.24) is 10.6 Å². The van der Waals surface area contributed by atoms with Gasteiger partial charge < -0.3 is 20.1 Å². The van der Waals surface area contributed by atoms with E-state index in [4.69, 9.17) is 9.47 Å². The summed E-state index contributed by atoms with van der Waals surface area (Å²) in [4.78, 5) is 22.1. The Balaban J connectivity index is 3.32. The van der Waals surface area contributed by atoms with Crippen molar-refractivity contribution in [2.75, 3.05) is 32.8 Å². The van der Waals surface area contributed by atoms with Gasteiger partial charge in [-0.2, -0.15) is 0 Å². The number of esters is 2. The van der Waals surface area contributed by atoms with Crippen molar-refractivity contribution in [1.29, 1.82) is 0 Å². The Labute approximate surface area is 102 Å². The molecule has 6 heteroatoms. The topological polar surface area (TPSA) is 76.7 Å². The van der Waals surface area contributed by atoms with Crippen LogP contribution in [0, 0.1) is 6.61 Å². The second-order valence-corrected chi connectivity index (χ2v) is 3.30. The minimum Gasteiger partial charge on any atom is -0.461 e. The molecule has 0 amide bonds.